The van der Waals surface area contributed by atoms with E-state index in [9.17, 15) is 4.79 Å². The minimum atomic E-state index is -0.398. The molecule has 0 aromatic heterocycles. The van der Waals surface area contributed by atoms with Crippen LogP contribution < -0.4 is 5.73 Å². The van der Waals surface area contributed by atoms with Gasteiger partial charge in [-0.15, -0.1) is 11.6 Å². The Kier molecular flexibility index (Phi) is 4.90. The highest BCUT2D eigenvalue weighted by atomic mass is 35.5. The Morgan fingerprint density at radius 1 is 1.64 bits per heavy atom. The minimum Gasteiger partial charge on any atom is -0.466 e. The lowest BCUT2D eigenvalue weighted by molar-refractivity contribution is -0.136. The lowest BCUT2D eigenvalue weighted by atomic mass is 10.1. The molecule has 0 aromatic carbocycles. The molecule has 3 nitrogen and oxygen atoms in total. The maximum atomic E-state index is 10.9. The van der Waals surface area contributed by atoms with E-state index in [0.29, 0.717) is 11.5 Å². The van der Waals surface area contributed by atoms with Gasteiger partial charge < -0.3 is 10.5 Å². The molecule has 0 saturated carbocycles. The smallest absolute Gasteiger partial charge is 0.335 e. The molecule has 0 atom stereocenters. The number of nitrogens with two attached hydrogens (primary N) is 1. The molecule has 4 heteroatoms. The molecule has 0 fully saturated rings. The van der Waals surface area contributed by atoms with Gasteiger partial charge in [-0.1, -0.05) is 0 Å². The van der Waals surface area contributed by atoms with Crippen LogP contribution >= 0.6 is 11.6 Å². The fourth-order valence-corrected chi connectivity index (χ4v) is 0.797. The molecular weight excluding hydrogens is 166 g/mol. The molecule has 64 valence electrons. The molecular formula is C7H12ClNO2. The monoisotopic (exact) mass is 177 g/mol. The molecule has 0 aliphatic rings. The summed E-state index contributed by atoms with van der Waals surface area (Å²) in [5, 5.41) is 0. The molecule has 0 bridgehead atoms. The van der Waals surface area contributed by atoms with E-state index < -0.39 is 5.97 Å². The summed E-state index contributed by atoms with van der Waals surface area (Å²) in [6.07, 6.45) is 0. The van der Waals surface area contributed by atoms with Gasteiger partial charge in [0.2, 0.25) is 0 Å². The van der Waals surface area contributed by atoms with Gasteiger partial charge in [0.05, 0.1) is 12.7 Å². The lowest BCUT2D eigenvalue weighted by Gasteiger charge is -2.04. The van der Waals surface area contributed by atoms with Gasteiger partial charge >= 0.3 is 5.97 Å². The van der Waals surface area contributed by atoms with Crippen LogP contribution in [0.2, 0.25) is 0 Å². The Bertz CT molecular complexity index is 177. The predicted molar refractivity (Wildman–Crippen MR) is 44.5 cm³/mol. The Labute approximate surface area is 71.2 Å². The van der Waals surface area contributed by atoms with Crippen LogP contribution in [-0.4, -0.2) is 25.5 Å². The Morgan fingerprint density at radius 3 is 2.45 bits per heavy atom. The van der Waals surface area contributed by atoms with Crippen LogP contribution in [-0.2, 0) is 9.53 Å². The standard InChI is InChI=1S/C7H12ClNO2/c1-5(3-8)6(4-9)7(10)11-2/h3-4,9H2,1-2H3. The van der Waals surface area contributed by atoms with Gasteiger partial charge in [-0.05, 0) is 12.5 Å². The number of hydrogen-bond acceptors (Lipinski definition) is 3. The molecule has 0 unspecified atom stereocenters. The third-order valence-electron chi connectivity index (χ3n) is 1.35. The zero-order valence-electron chi connectivity index (χ0n) is 6.69. The van der Waals surface area contributed by atoms with Crippen molar-refractivity contribution in [2.24, 2.45) is 5.73 Å². The lowest BCUT2D eigenvalue weighted by Crippen LogP contribution is -2.16. The van der Waals surface area contributed by atoms with Crippen LogP contribution in [0.4, 0.5) is 0 Å². The fourth-order valence-electron chi connectivity index (χ4n) is 0.636. The van der Waals surface area contributed by atoms with Gasteiger partial charge in [0.15, 0.2) is 0 Å². The largest absolute Gasteiger partial charge is 0.466 e. The summed E-state index contributed by atoms with van der Waals surface area (Å²) in [5.74, 6) is -0.0904. The summed E-state index contributed by atoms with van der Waals surface area (Å²) in [7, 11) is 1.32. The number of hydrogen-bond donors (Lipinski definition) is 1. The van der Waals surface area contributed by atoms with Crippen LogP contribution in [0.15, 0.2) is 11.1 Å². The van der Waals surface area contributed by atoms with Crippen LogP contribution in [0, 0.1) is 0 Å². The molecule has 0 saturated heterocycles. The summed E-state index contributed by atoms with van der Waals surface area (Å²) >= 11 is 5.51. The zero-order chi connectivity index (χ0) is 8.85. The minimum absolute atomic E-state index is 0.172. The highest BCUT2D eigenvalue weighted by Gasteiger charge is 2.09. The van der Waals surface area contributed by atoms with E-state index in [0.717, 1.165) is 5.57 Å². The predicted octanol–water partition coefficient (Wildman–Crippen LogP) is 0.673. The molecule has 0 heterocycles. The molecule has 0 aliphatic heterocycles. The zero-order valence-corrected chi connectivity index (χ0v) is 7.44. The van der Waals surface area contributed by atoms with Crippen molar-refractivity contribution in [2.75, 3.05) is 19.5 Å². The normalized spacial score (nSPS) is 12.4. The number of methoxy groups -OCH3 is 1. The van der Waals surface area contributed by atoms with Crippen molar-refractivity contribution < 1.29 is 9.53 Å². The van der Waals surface area contributed by atoms with Crippen molar-refractivity contribution >= 4 is 17.6 Å². The number of allylic oxidation sites excluding steroid dienone is 1. The van der Waals surface area contributed by atoms with Gasteiger partial charge in [0, 0.05) is 12.4 Å². The number of carbonyl (C=O) groups is 1. The molecule has 0 radical (unpaired) electrons. The molecule has 2 N–H and O–H groups in total. The van der Waals surface area contributed by atoms with Gasteiger partial charge in [-0.3, -0.25) is 0 Å². The molecule has 0 aromatic rings. The summed E-state index contributed by atoms with van der Waals surface area (Å²) in [6, 6.07) is 0. The average Bonchev–Trinajstić information content (AvgIpc) is 2.05. The Morgan fingerprint density at radius 2 is 2.18 bits per heavy atom. The molecule has 0 rings (SSSR count). The third-order valence-corrected chi connectivity index (χ3v) is 1.75. The van der Waals surface area contributed by atoms with E-state index in [-0.39, 0.29) is 6.54 Å². The van der Waals surface area contributed by atoms with E-state index >= 15 is 0 Å². The maximum Gasteiger partial charge on any atom is 0.335 e. The Balaban J connectivity index is 4.50. The average molecular weight is 178 g/mol. The molecule has 11 heavy (non-hydrogen) atoms. The van der Waals surface area contributed by atoms with Crippen LogP contribution in [0.25, 0.3) is 0 Å². The van der Waals surface area contributed by atoms with Crippen molar-refractivity contribution in [3.05, 3.63) is 11.1 Å². The van der Waals surface area contributed by atoms with E-state index in [4.69, 9.17) is 17.3 Å². The van der Waals surface area contributed by atoms with Crippen LogP contribution in [0.5, 0.6) is 0 Å². The second-order valence-electron chi connectivity index (χ2n) is 2.09. The van der Waals surface area contributed by atoms with E-state index in [1.54, 1.807) is 6.92 Å². The topological polar surface area (TPSA) is 52.3 Å². The molecule has 0 amide bonds. The molecule has 0 aliphatic carbocycles. The summed E-state index contributed by atoms with van der Waals surface area (Å²) in [6.45, 7) is 1.93. The van der Waals surface area contributed by atoms with Crippen molar-refractivity contribution in [1.29, 1.82) is 0 Å². The summed E-state index contributed by atoms with van der Waals surface area (Å²) in [5.41, 5.74) is 6.53. The van der Waals surface area contributed by atoms with Crippen molar-refractivity contribution in [1.82, 2.24) is 0 Å². The second kappa shape index (κ2) is 5.16. The van der Waals surface area contributed by atoms with E-state index in [1.165, 1.54) is 7.11 Å². The van der Waals surface area contributed by atoms with E-state index in [2.05, 4.69) is 4.74 Å². The van der Waals surface area contributed by atoms with Gasteiger partial charge in [0.25, 0.3) is 0 Å². The maximum absolute atomic E-state index is 10.9. The Hall–Kier alpha value is -0.540. The molecule has 0 spiro atoms. The number of alkyl halides is 1. The number of esters is 1. The number of ether oxygens (including phenoxy) is 1. The first kappa shape index (κ1) is 10.5. The van der Waals surface area contributed by atoms with Gasteiger partial charge in [0.1, 0.15) is 0 Å². The van der Waals surface area contributed by atoms with Crippen LogP contribution in [0.3, 0.4) is 0 Å². The third kappa shape index (κ3) is 2.91. The number of rotatable bonds is 3. The van der Waals surface area contributed by atoms with Gasteiger partial charge in [-0.2, -0.15) is 0 Å². The number of halogens is 1. The number of carbonyl (C=O) groups excluding carboxylic acids is 1. The first-order chi connectivity index (χ1) is 5.17. The summed E-state index contributed by atoms with van der Waals surface area (Å²) < 4.78 is 4.49. The van der Waals surface area contributed by atoms with Crippen molar-refractivity contribution in [2.45, 2.75) is 6.92 Å². The first-order valence-corrected chi connectivity index (χ1v) is 3.73. The fraction of sp³-hybridized carbons (Fsp3) is 0.571. The highest BCUT2D eigenvalue weighted by molar-refractivity contribution is 6.19. The van der Waals surface area contributed by atoms with Crippen molar-refractivity contribution in [3.8, 4) is 0 Å². The SMILES string of the molecule is COC(=O)C(CN)=C(C)CCl. The first-order valence-electron chi connectivity index (χ1n) is 3.20. The summed E-state index contributed by atoms with van der Waals surface area (Å²) in [4.78, 5) is 10.9. The quantitative estimate of drug-likeness (QED) is 0.392. The highest BCUT2D eigenvalue weighted by Crippen LogP contribution is 2.05. The van der Waals surface area contributed by atoms with Crippen LogP contribution in [0.1, 0.15) is 6.92 Å². The second-order valence-corrected chi connectivity index (χ2v) is 2.36. The van der Waals surface area contributed by atoms with Gasteiger partial charge in [-0.25, -0.2) is 4.79 Å². The van der Waals surface area contributed by atoms with E-state index in [1.807, 2.05) is 0 Å². The van der Waals surface area contributed by atoms with Crippen molar-refractivity contribution in [3.63, 3.8) is 0 Å².